The minimum atomic E-state index is 0.378. The Bertz CT molecular complexity index is 227. The largest absolute Gasteiger partial charge is 0.328 e. The number of hydrogen-bond acceptors (Lipinski definition) is 2. The fourth-order valence-corrected chi connectivity index (χ4v) is 3.77. The average molecular weight is 238 g/mol. The molecule has 0 aromatic heterocycles. The van der Waals surface area contributed by atoms with Gasteiger partial charge in [-0.25, -0.2) is 0 Å². The fraction of sp³-hybridized carbons (Fsp3) is 1.00. The van der Waals surface area contributed by atoms with E-state index in [1.165, 1.54) is 58.0 Å². The van der Waals surface area contributed by atoms with Crippen molar-refractivity contribution < 1.29 is 0 Å². The second kappa shape index (κ2) is 6.19. The van der Waals surface area contributed by atoms with Gasteiger partial charge in [-0.15, -0.1) is 0 Å². The Labute approximate surface area is 107 Å². The molecule has 2 rings (SSSR count). The number of hydrogen-bond donors (Lipinski definition) is 1. The molecule has 2 nitrogen and oxygen atoms in total. The lowest BCUT2D eigenvalue weighted by Gasteiger charge is -2.42. The van der Waals surface area contributed by atoms with Crippen LogP contribution in [0.25, 0.3) is 0 Å². The van der Waals surface area contributed by atoms with Gasteiger partial charge in [0.05, 0.1) is 0 Å². The molecule has 4 unspecified atom stereocenters. The molecular formula is C15H30N2. The van der Waals surface area contributed by atoms with Gasteiger partial charge in [-0.3, -0.25) is 0 Å². The van der Waals surface area contributed by atoms with Crippen molar-refractivity contribution in [3.05, 3.63) is 0 Å². The molecule has 1 saturated carbocycles. The Morgan fingerprint density at radius 2 is 2.06 bits per heavy atom. The van der Waals surface area contributed by atoms with E-state index < -0.39 is 0 Å². The van der Waals surface area contributed by atoms with E-state index in [-0.39, 0.29) is 0 Å². The Balaban J connectivity index is 1.88. The van der Waals surface area contributed by atoms with E-state index >= 15 is 0 Å². The maximum atomic E-state index is 6.09. The zero-order chi connectivity index (χ0) is 12.3. The summed E-state index contributed by atoms with van der Waals surface area (Å²) in [6.45, 7) is 7.13. The molecule has 1 aliphatic carbocycles. The van der Waals surface area contributed by atoms with Gasteiger partial charge in [-0.1, -0.05) is 26.2 Å². The van der Waals surface area contributed by atoms with E-state index in [1.807, 2.05) is 0 Å². The topological polar surface area (TPSA) is 29.3 Å². The maximum absolute atomic E-state index is 6.09. The first kappa shape index (κ1) is 13.4. The molecule has 0 radical (unpaired) electrons. The highest BCUT2D eigenvalue weighted by Gasteiger charge is 2.30. The molecule has 2 heteroatoms. The van der Waals surface area contributed by atoms with Crippen LogP contribution in [0.2, 0.25) is 0 Å². The summed E-state index contributed by atoms with van der Waals surface area (Å²) in [4.78, 5) is 2.76. The molecule has 2 aliphatic rings. The molecule has 0 bridgehead atoms. The number of rotatable bonds is 3. The summed E-state index contributed by atoms with van der Waals surface area (Å²) in [6.07, 6.45) is 9.88. The number of likely N-dealkylation sites (tertiary alicyclic amines) is 1. The second-order valence-corrected chi connectivity index (χ2v) is 6.35. The van der Waals surface area contributed by atoms with Crippen molar-refractivity contribution in [1.29, 1.82) is 0 Å². The monoisotopic (exact) mass is 238 g/mol. The van der Waals surface area contributed by atoms with Crippen LogP contribution in [0.3, 0.4) is 0 Å². The maximum Gasteiger partial charge on any atom is 0.00980 e. The quantitative estimate of drug-likeness (QED) is 0.819. The summed E-state index contributed by atoms with van der Waals surface area (Å²) >= 11 is 0. The van der Waals surface area contributed by atoms with E-state index in [0.29, 0.717) is 6.04 Å². The minimum Gasteiger partial charge on any atom is -0.328 e. The molecule has 17 heavy (non-hydrogen) atoms. The highest BCUT2D eigenvalue weighted by atomic mass is 15.2. The van der Waals surface area contributed by atoms with Crippen molar-refractivity contribution in [3.63, 3.8) is 0 Å². The van der Waals surface area contributed by atoms with Gasteiger partial charge < -0.3 is 10.6 Å². The summed E-state index contributed by atoms with van der Waals surface area (Å²) in [7, 11) is 0. The van der Waals surface area contributed by atoms with E-state index in [1.54, 1.807) is 0 Å². The van der Waals surface area contributed by atoms with Gasteiger partial charge >= 0.3 is 0 Å². The van der Waals surface area contributed by atoms with E-state index in [2.05, 4.69) is 18.7 Å². The van der Waals surface area contributed by atoms with Crippen LogP contribution >= 0.6 is 0 Å². The second-order valence-electron chi connectivity index (χ2n) is 6.35. The normalized spacial score (nSPS) is 37.9. The van der Waals surface area contributed by atoms with Gasteiger partial charge in [0.15, 0.2) is 0 Å². The molecule has 1 heterocycles. The lowest BCUT2D eigenvalue weighted by atomic mass is 9.82. The van der Waals surface area contributed by atoms with Crippen LogP contribution in [0.4, 0.5) is 0 Å². The third-order valence-electron chi connectivity index (χ3n) is 5.08. The predicted octanol–water partition coefficient (Wildman–Crippen LogP) is 3.01. The SMILES string of the molecule is CCC1CCCC(N2CCCC(C(C)N)C2)C1. The van der Waals surface area contributed by atoms with Crippen molar-refractivity contribution >= 4 is 0 Å². The molecule has 100 valence electrons. The fourth-order valence-electron chi connectivity index (χ4n) is 3.77. The van der Waals surface area contributed by atoms with Crippen LogP contribution in [0.1, 0.15) is 58.8 Å². The first-order chi connectivity index (χ1) is 8.20. The van der Waals surface area contributed by atoms with Crippen molar-refractivity contribution in [2.24, 2.45) is 17.6 Å². The van der Waals surface area contributed by atoms with E-state index in [4.69, 9.17) is 5.73 Å². The number of piperidine rings is 1. The van der Waals surface area contributed by atoms with Crippen molar-refractivity contribution in [2.75, 3.05) is 13.1 Å². The summed E-state index contributed by atoms with van der Waals surface area (Å²) in [5.41, 5.74) is 6.09. The van der Waals surface area contributed by atoms with Gasteiger partial charge in [0, 0.05) is 18.6 Å². The van der Waals surface area contributed by atoms with Crippen LogP contribution in [0.5, 0.6) is 0 Å². The number of nitrogens with two attached hydrogens (primary N) is 1. The molecule has 0 amide bonds. The number of nitrogens with zero attached hydrogens (tertiary/aromatic N) is 1. The van der Waals surface area contributed by atoms with Crippen LogP contribution in [-0.2, 0) is 0 Å². The van der Waals surface area contributed by atoms with Gasteiger partial charge in [0.2, 0.25) is 0 Å². The summed E-state index contributed by atoms with van der Waals surface area (Å²) in [5.74, 6) is 1.73. The average Bonchev–Trinajstić information content (AvgIpc) is 2.39. The minimum absolute atomic E-state index is 0.378. The highest BCUT2D eigenvalue weighted by molar-refractivity contribution is 4.85. The van der Waals surface area contributed by atoms with Gasteiger partial charge in [-0.05, 0) is 51.0 Å². The lowest BCUT2D eigenvalue weighted by molar-refractivity contribution is 0.0757. The van der Waals surface area contributed by atoms with Gasteiger partial charge in [-0.2, -0.15) is 0 Å². The highest BCUT2D eigenvalue weighted by Crippen LogP contribution is 2.32. The molecular weight excluding hydrogens is 208 g/mol. The Hall–Kier alpha value is -0.0800. The molecule has 0 spiro atoms. The molecule has 2 fully saturated rings. The Kier molecular flexibility index (Phi) is 4.87. The van der Waals surface area contributed by atoms with Gasteiger partial charge in [0.1, 0.15) is 0 Å². The Morgan fingerprint density at radius 1 is 1.24 bits per heavy atom. The zero-order valence-electron chi connectivity index (χ0n) is 11.7. The molecule has 1 aliphatic heterocycles. The van der Waals surface area contributed by atoms with Crippen molar-refractivity contribution in [1.82, 2.24) is 4.90 Å². The molecule has 4 atom stereocenters. The van der Waals surface area contributed by atoms with Crippen LogP contribution in [0, 0.1) is 11.8 Å². The summed E-state index contributed by atoms with van der Waals surface area (Å²) < 4.78 is 0. The van der Waals surface area contributed by atoms with Crippen molar-refractivity contribution in [3.8, 4) is 0 Å². The molecule has 1 saturated heterocycles. The first-order valence-electron chi connectivity index (χ1n) is 7.70. The summed E-state index contributed by atoms with van der Waals surface area (Å²) in [5, 5.41) is 0. The van der Waals surface area contributed by atoms with Crippen LogP contribution in [-0.4, -0.2) is 30.1 Å². The predicted molar refractivity (Wildman–Crippen MR) is 74.0 cm³/mol. The molecule has 2 N–H and O–H groups in total. The van der Waals surface area contributed by atoms with E-state index in [0.717, 1.165) is 17.9 Å². The molecule has 0 aromatic carbocycles. The smallest absolute Gasteiger partial charge is 0.00980 e. The van der Waals surface area contributed by atoms with Crippen molar-refractivity contribution in [2.45, 2.75) is 70.9 Å². The summed E-state index contributed by atoms with van der Waals surface area (Å²) in [6, 6.07) is 1.25. The van der Waals surface area contributed by atoms with Crippen LogP contribution in [0.15, 0.2) is 0 Å². The van der Waals surface area contributed by atoms with E-state index in [9.17, 15) is 0 Å². The third-order valence-corrected chi connectivity index (χ3v) is 5.08. The Morgan fingerprint density at radius 3 is 2.76 bits per heavy atom. The lowest BCUT2D eigenvalue weighted by Crippen LogP contribution is -2.48. The molecule has 0 aromatic rings. The third kappa shape index (κ3) is 3.45. The van der Waals surface area contributed by atoms with Crippen LogP contribution < -0.4 is 5.73 Å². The zero-order valence-corrected chi connectivity index (χ0v) is 11.7. The van der Waals surface area contributed by atoms with Gasteiger partial charge in [0.25, 0.3) is 0 Å². The first-order valence-corrected chi connectivity index (χ1v) is 7.70. The standard InChI is InChI=1S/C15H30N2/c1-3-13-6-4-8-15(10-13)17-9-5-7-14(11-17)12(2)16/h12-15H,3-11,16H2,1-2H3.